The largest absolute Gasteiger partial charge is 0.456 e. The van der Waals surface area contributed by atoms with Crippen molar-refractivity contribution in [2.45, 2.75) is 0 Å². The molecule has 0 N–H and O–H groups in total. The van der Waals surface area contributed by atoms with Gasteiger partial charge in [0.05, 0.1) is 16.5 Å². The fraction of sp³-hybridized carbons (Fsp3) is 0. The first-order chi connectivity index (χ1) is 25.3. The maximum Gasteiger partial charge on any atom is 0.147 e. The van der Waals surface area contributed by atoms with Crippen LogP contribution in [0, 0.1) is 0 Å². The molecular weight excluding hydrogens is 623 g/mol. The SMILES string of the molecule is c1ccc(-c2ccc(-c3ccc(N(c4ccc(-c5ccccc5)cc4)c4cccc5oc6ccc7c8ccccc8oc7c6c45)cc3)cc2)cc1. The second kappa shape index (κ2) is 11.9. The summed E-state index contributed by atoms with van der Waals surface area (Å²) in [5.74, 6) is 0. The monoisotopic (exact) mass is 653 g/mol. The van der Waals surface area contributed by atoms with Gasteiger partial charge >= 0.3 is 0 Å². The summed E-state index contributed by atoms with van der Waals surface area (Å²) in [5, 5.41) is 4.18. The zero-order chi connectivity index (χ0) is 33.7. The Kier molecular flexibility index (Phi) is 6.81. The van der Waals surface area contributed by atoms with Crippen molar-refractivity contribution in [1.29, 1.82) is 0 Å². The van der Waals surface area contributed by atoms with Crippen LogP contribution in [0.5, 0.6) is 0 Å². The molecule has 0 aliphatic heterocycles. The molecule has 0 spiro atoms. The van der Waals surface area contributed by atoms with Crippen LogP contribution in [0.3, 0.4) is 0 Å². The van der Waals surface area contributed by atoms with E-state index >= 15 is 0 Å². The topological polar surface area (TPSA) is 29.5 Å². The highest BCUT2D eigenvalue weighted by molar-refractivity contribution is 6.25. The van der Waals surface area contributed by atoms with Gasteiger partial charge in [-0.25, -0.2) is 0 Å². The van der Waals surface area contributed by atoms with Crippen molar-refractivity contribution < 1.29 is 8.83 Å². The van der Waals surface area contributed by atoms with Gasteiger partial charge in [-0.2, -0.15) is 0 Å². The van der Waals surface area contributed by atoms with E-state index in [-0.39, 0.29) is 0 Å². The lowest BCUT2D eigenvalue weighted by Gasteiger charge is -2.26. The number of fused-ring (bicyclic) bond motifs is 7. The molecule has 0 aliphatic rings. The van der Waals surface area contributed by atoms with E-state index in [4.69, 9.17) is 8.83 Å². The normalized spacial score (nSPS) is 11.5. The van der Waals surface area contributed by atoms with E-state index in [9.17, 15) is 0 Å². The van der Waals surface area contributed by atoms with Crippen LogP contribution in [-0.2, 0) is 0 Å². The van der Waals surface area contributed by atoms with Crippen molar-refractivity contribution in [1.82, 2.24) is 0 Å². The molecule has 0 saturated heterocycles. The van der Waals surface area contributed by atoms with Gasteiger partial charge in [-0.15, -0.1) is 0 Å². The van der Waals surface area contributed by atoms with Crippen molar-refractivity contribution in [3.8, 4) is 33.4 Å². The highest BCUT2D eigenvalue weighted by Gasteiger charge is 2.23. The maximum absolute atomic E-state index is 6.57. The van der Waals surface area contributed by atoms with Crippen LogP contribution in [0.1, 0.15) is 0 Å². The lowest BCUT2D eigenvalue weighted by molar-refractivity contribution is 0.663. The molecule has 0 bridgehead atoms. The molecule has 8 aromatic carbocycles. The summed E-state index contributed by atoms with van der Waals surface area (Å²) in [6.07, 6.45) is 0. The Hall–Kier alpha value is -6.84. The second-order valence-electron chi connectivity index (χ2n) is 12.9. The molecule has 0 fully saturated rings. The molecule has 0 radical (unpaired) electrons. The number of rotatable bonds is 6. The number of para-hydroxylation sites is 1. The van der Waals surface area contributed by atoms with Crippen molar-refractivity contribution >= 4 is 60.9 Å². The molecule has 10 aromatic rings. The predicted octanol–water partition coefficient (Wildman–Crippen LogP) is 14.0. The first kappa shape index (κ1) is 29.1. The van der Waals surface area contributed by atoms with Crippen molar-refractivity contribution in [2.75, 3.05) is 4.90 Å². The molecule has 240 valence electrons. The van der Waals surface area contributed by atoms with Gasteiger partial charge in [-0.1, -0.05) is 133 Å². The molecule has 0 unspecified atom stereocenters. The molecule has 51 heavy (non-hydrogen) atoms. The minimum Gasteiger partial charge on any atom is -0.456 e. The average Bonchev–Trinajstić information content (AvgIpc) is 3.78. The van der Waals surface area contributed by atoms with E-state index in [1.54, 1.807) is 0 Å². The molecule has 3 heteroatoms. The fourth-order valence-corrected chi connectivity index (χ4v) is 7.40. The average molecular weight is 654 g/mol. The molecule has 0 saturated carbocycles. The van der Waals surface area contributed by atoms with Gasteiger partial charge in [-0.05, 0) is 88.0 Å². The first-order valence-electron chi connectivity index (χ1n) is 17.3. The zero-order valence-corrected chi connectivity index (χ0v) is 27.7. The van der Waals surface area contributed by atoms with Crippen LogP contribution in [0.4, 0.5) is 17.1 Å². The van der Waals surface area contributed by atoms with Crippen LogP contribution in [0.25, 0.3) is 77.3 Å². The maximum atomic E-state index is 6.57. The Morgan fingerprint density at radius 2 is 0.765 bits per heavy atom. The number of hydrogen-bond acceptors (Lipinski definition) is 3. The van der Waals surface area contributed by atoms with E-state index in [2.05, 4.69) is 175 Å². The van der Waals surface area contributed by atoms with Gasteiger partial charge in [-0.3, -0.25) is 0 Å². The summed E-state index contributed by atoms with van der Waals surface area (Å²) >= 11 is 0. The van der Waals surface area contributed by atoms with E-state index in [1.807, 2.05) is 18.2 Å². The van der Waals surface area contributed by atoms with Crippen molar-refractivity contribution in [2.24, 2.45) is 0 Å². The Bertz CT molecular complexity index is 2810. The van der Waals surface area contributed by atoms with Crippen LogP contribution in [0.15, 0.2) is 197 Å². The zero-order valence-electron chi connectivity index (χ0n) is 27.7. The van der Waals surface area contributed by atoms with Gasteiger partial charge in [0.1, 0.15) is 22.3 Å². The van der Waals surface area contributed by atoms with Crippen molar-refractivity contribution in [3.63, 3.8) is 0 Å². The number of hydrogen-bond donors (Lipinski definition) is 0. The van der Waals surface area contributed by atoms with Gasteiger partial charge in [0.25, 0.3) is 0 Å². The van der Waals surface area contributed by atoms with Gasteiger partial charge < -0.3 is 13.7 Å². The second-order valence-corrected chi connectivity index (χ2v) is 12.9. The highest BCUT2D eigenvalue weighted by Crippen LogP contribution is 2.46. The Labute approximate surface area is 295 Å². The van der Waals surface area contributed by atoms with Gasteiger partial charge in [0.15, 0.2) is 0 Å². The first-order valence-corrected chi connectivity index (χ1v) is 17.3. The van der Waals surface area contributed by atoms with E-state index in [0.717, 1.165) is 66.5 Å². The van der Waals surface area contributed by atoms with Crippen LogP contribution in [0.2, 0.25) is 0 Å². The molecule has 0 amide bonds. The lowest BCUT2D eigenvalue weighted by Crippen LogP contribution is -2.10. The fourth-order valence-electron chi connectivity index (χ4n) is 7.40. The molecule has 0 atom stereocenters. The smallest absolute Gasteiger partial charge is 0.147 e. The minimum atomic E-state index is 0.803. The van der Waals surface area contributed by atoms with Gasteiger partial charge in [0.2, 0.25) is 0 Å². The molecule has 2 heterocycles. The molecule has 2 aromatic heterocycles. The van der Waals surface area contributed by atoms with Crippen LogP contribution < -0.4 is 4.90 Å². The Balaban J connectivity index is 1.13. The number of furan rings is 2. The number of anilines is 3. The summed E-state index contributed by atoms with van der Waals surface area (Å²) < 4.78 is 13.1. The summed E-state index contributed by atoms with van der Waals surface area (Å²) in [4.78, 5) is 2.33. The summed E-state index contributed by atoms with van der Waals surface area (Å²) in [5.41, 5.74) is 13.6. The Morgan fingerprint density at radius 3 is 1.35 bits per heavy atom. The summed E-state index contributed by atoms with van der Waals surface area (Å²) in [6.45, 7) is 0. The molecule has 0 aliphatic carbocycles. The third kappa shape index (κ3) is 4.98. The standard InChI is InChI=1S/C48H31NO2/c1-3-10-32(11-4-1)34-18-20-35(21-19-34)37-24-28-39(29-25-37)49(38-26-22-36(23-27-38)33-12-5-2-6-13-33)42-15-9-17-44-46(42)47-45(50-44)31-30-41-40-14-7-8-16-43(40)51-48(41)47/h1-31H. The molecule has 3 nitrogen and oxygen atoms in total. The lowest BCUT2D eigenvalue weighted by atomic mass is 10.00. The van der Waals surface area contributed by atoms with Crippen molar-refractivity contribution in [3.05, 3.63) is 188 Å². The predicted molar refractivity (Wildman–Crippen MR) is 212 cm³/mol. The van der Waals surface area contributed by atoms with Crippen LogP contribution in [-0.4, -0.2) is 0 Å². The third-order valence-corrected chi connectivity index (χ3v) is 9.91. The summed E-state index contributed by atoms with van der Waals surface area (Å²) in [7, 11) is 0. The number of benzene rings is 8. The van der Waals surface area contributed by atoms with Crippen LogP contribution >= 0.6 is 0 Å². The molecular formula is C48H31NO2. The highest BCUT2D eigenvalue weighted by atomic mass is 16.3. The van der Waals surface area contributed by atoms with E-state index < -0.39 is 0 Å². The number of nitrogens with zero attached hydrogens (tertiary/aromatic N) is 1. The van der Waals surface area contributed by atoms with E-state index in [0.29, 0.717) is 0 Å². The summed E-state index contributed by atoms with van der Waals surface area (Å²) in [6, 6.07) is 66.2. The Morgan fingerprint density at radius 1 is 0.294 bits per heavy atom. The molecule has 10 rings (SSSR count). The minimum absolute atomic E-state index is 0.803. The third-order valence-electron chi connectivity index (χ3n) is 9.91. The van der Waals surface area contributed by atoms with E-state index in [1.165, 1.54) is 27.8 Å². The van der Waals surface area contributed by atoms with Gasteiger partial charge in [0, 0.05) is 22.1 Å². The quantitative estimate of drug-likeness (QED) is 0.179.